The lowest BCUT2D eigenvalue weighted by molar-refractivity contribution is -0.364. The molecule has 238 valence electrons. The number of esters is 4. The molecule has 43 heavy (non-hydrogen) atoms. The fourth-order valence-electron chi connectivity index (χ4n) is 5.33. The molecule has 3 saturated heterocycles. The number of hydrogen-bond acceptors (Lipinski definition) is 14. The molecule has 0 radical (unpaired) electrons. The van der Waals surface area contributed by atoms with Crippen molar-refractivity contribution < 1.29 is 61.8 Å². The molecule has 3 aliphatic heterocycles. The van der Waals surface area contributed by atoms with Crippen LogP contribution in [0.3, 0.4) is 0 Å². The van der Waals surface area contributed by atoms with Crippen molar-refractivity contribution in [2.45, 2.75) is 108 Å². The number of carbonyl (C=O) groups is 4. The van der Waals surface area contributed by atoms with E-state index in [0.717, 1.165) is 5.56 Å². The van der Waals surface area contributed by atoms with Gasteiger partial charge in [-0.2, -0.15) is 0 Å². The molecule has 3 heterocycles. The van der Waals surface area contributed by atoms with E-state index in [4.69, 9.17) is 42.6 Å². The highest BCUT2D eigenvalue weighted by atomic mass is 32.2. The molecule has 3 aliphatic rings. The molecule has 1 aromatic rings. The number of fused-ring (bicyclic) bond motifs is 1. The van der Waals surface area contributed by atoms with Crippen LogP contribution in [-0.2, 0) is 61.8 Å². The maximum absolute atomic E-state index is 12.3. The normalized spacial score (nSPS) is 35.6. The van der Waals surface area contributed by atoms with Gasteiger partial charge < -0.3 is 42.6 Å². The summed E-state index contributed by atoms with van der Waals surface area (Å²) in [4.78, 5) is 48.6. The molecular weight excluding hydrogens is 588 g/mol. The van der Waals surface area contributed by atoms with Crippen LogP contribution in [0.1, 0.15) is 53.4 Å². The van der Waals surface area contributed by atoms with Gasteiger partial charge in [0.1, 0.15) is 23.7 Å². The number of thioether (sulfide) groups is 1. The lowest BCUT2D eigenvalue weighted by Crippen LogP contribution is -2.66. The van der Waals surface area contributed by atoms with E-state index in [9.17, 15) is 19.2 Å². The minimum Gasteiger partial charge on any atom is -0.456 e. The quantitative estimate of drug-likeness (QED) is 0.291. The van der Waals surface area contributed by atoms with Crippen LogP contribution < -0.4 is 0 Å². The maximum Gasteiger partial charge on any atom is 0.303 e. The lowest BCUT2D eigenvalue weighted by atomic mass is 9.96. The van der Waals surface area contributed by atoms with Gasteiger partial charge in [-0.15, -0.1) is 11.8 Å². The van der Waals surface area contributed by atoms with Crippen LogP contribution >= 0.6 is 11.8 Å². The zero-order chi connectivity index (χ0) is 31.3. The van der Waals surface area contributed by atoms with Crippen LogP contribution in [0.5, 0.6) is 0 Å². The van der Waals surface area contributed by atoms with Gasteiger partial charge in [0.2, 0.25) is 0 Å². The Balaban J connectivity index is 1.72. The van der Waals surface area contributed by atoms with E-state index in [1.165, 1.54) is 39.5 Å². The van der Waals surface area contributed by atoms with Gasteiger partial charge in [0.15, 0.2) is 37.0 Å². The summed E-state index contributed by atoms with van der Waals surface area (Å²) in [7, 11) is 0. The molecule has 0 saturated carbocycles. The van der Waals surface area contributed by atoms with Crippen molar-refractivity contribution >= 4 is 35.6 Å². The molecule has 0 unspecified atom stereocenters. The van der Waals surface area contributed by atoms with Gasteiger partial charge in [-0.3, -0.25) is 19.2 Å². The fraction of sp³-hybridized carbons (Fsp3) is 0.655. The average Bonchev–Trinajstić information content (AvgIpc) is 2.94. The van der Waals surface area contributed by atoms with Crippen LogP contribution in [0.15, 0.2) is 30.3 Å². The van der Waals surface area contributed by atoms with E-state index in [1.54, 1.807) is 6.92 Å². The second-order valence-electron chi connectivity index (χ2n) is 10.3. The standard InChI is InChI=1S/C29H38O13S/c1-7-43-29-26(39-18(6)33)24(22-20(40-29)13-34-27(41-22)19-11-9-8-10-12-19)42-28-25(38-17(5)32)23(37-16(4)31)21(14(2)35-28)36-15(3)30/h8-12,14,20-29H,7,13H2,1-6H3/t14-,20+,21-,22+,23+,24-,25+,26+,27+,28-,29-/m0/s1. The Morgan fingerprint density at radius 2 is 1.35 bits per heavy atom. The second-order valence-corrected chi connectivity index (χ2v) is 11.7. The van der Waals surface area contributed by atoms with Gasteiger partial charge in [-0.1, -0.05) is 37.3 Å². The summed E-state index contributed by atoms with van der Waals surface area (Å²) < 4.78 is 53.6. The van der Waals surface area contributed by atoms with Gasteiger partial charge in [0.05, 0.1) is 12.7 Å². The minimum atomic E-state index is -1.36. The van der Waals surface area contributed by atoms with Crippen LogP contribution in [0.25, 0.3) is 0 Å². The van der Waals surface area contributed by atoms with Crippen molar-refractivity contribution in [1.29, 1.82) is 0 Å². The molecule has 11 atom stereocenters. The molecule has 14 heteroatoms. The van der Waals surface area contributed by atoms with Crippen LogP contribution in [-0.4, -0.2) is 96.8 Å². The predicted octanol–water partition coefficient (Wildman–Crippen LogP) is 2.44. The summed E-state index contributed by atoms with van der Waals surface area (Å²) >= 11 is 1.41. The summed E-state index contributed by atoms with van der Waals surface area (Å²) in [6.07, 6.45) is -10.2. The van der Waals surface area contributed by atoms with Crippen molar-refractivity contribution in [3.63, 3.8) is 0 Å². The lowest BCUT2D eigenvalue weighted by Gasteiger charge is -2.51. The first-order valence-electron chi connectivity index (χ1n) is 14.1. The SMILES string of the molecule is CCS[C@@H]1O[C@@H]2CO[C@@H](c3ccccc3)O[C@H]2[C@H](O[C@@H]2O[C@@H](C)[C@H](OC(C)=O)[C@@H](OC(C)=O)[C@H]2OC(C)=O)[C@H]1OC(C)=O. The molecule has 0 aromatic heterocycles. The number of hydrogen-bond donors (Lipinski definition) is 0. The summed E-state index contributed by atoms with van der Waals surface area (Å²) in [6.45, 7) is 8.51. The first-order chi connectivity index (χ1) is 20.5. The van der Waals surface area contributed by atoms with Gasteiger partial charge in [0.25, 0.3) is 0 Å². The Morgan fingerprint density at radius 1 is 0.767 bits per heavy atom. The van der Waals surface area contributed by atoms with Gasteiger partial charge in [-0.05, 0) is 12.7 Å². The number of ether oxygens (including phenoxy) is 9. The molecule has 3 fully saturated rings. The first kappa shape index (κ1) is 33.1. The Morgan fingerprint density at radius 3 is 1.95 bits per heavy atom. The van der Waals surface area contributed by atoms with E-state index in [-0.39, 0.29) is 6.61 Å². The van der Waals surface area contributed by atoms with Gasteiger partial charge >= 0.3 is 23.9 Å². The van der Waals surface area contributed by atoms with E-state index in [2.05, 4.69) is 0 Å². The average molecular weight is 627 g/mol. The molecule has 0 N–H and O–H groups in total. The van der Waals surface area contributed by atoms with E-state index in [1.807, 2.05) is 37.3 Å². The smallest absolute Gasteiger partial charge is 0.303 e. The van der Waals surface area contributed by atoms with Crippen LogP contribution in [0.4, 0.5) is 0 Å². The topological polar surface area (TPSA) is 151 Å². The molecule has 0 amide bonds. The molecule has 0 spiro atoms. The third-order valence-electron chi connectivity index (χ3n) is 6.91. The highest BCUT2D eigenvalue weighted by Gasteiger charge is 2.57. The first-order valence-corrected chi connectivity index (χ1v) is 15.1. The predicted molar refractivity (Wildman–Crippen MR) is 148 cm³/mol. The molecule has 1 aromatic carbocycles. The van der Waals surface area contributed by atoms with Crippen LogP contribution in [0, 0.1) is 0 Å². The Labute approximate surface area is 254 Å². The van der Waals surface area contributed by atoms with E-state index < -0.39 is 90.7 Å². The Kier molecular flexibility index (Phi) is 11.4. The largest absolute Gasteiger partial charge is 0.456 e. The number of rotatable bonds is 9. The third-order valence-corrected chi connectivity index (χ3v) is 7.95. The van der Waals surface area contributed by atoms with Crippen molar-refractivity contribution in [3.05, 3.63) is 35.9 Å². The summed E-state index contributed by atoms with van der Waals surface area (Å²) in [5.41, 5.74) is 0.0974. The van der Waals surface area contributed by atoms with Crippen molar-refractivity contribution in [3.8, 4) is 0 Å². The Hall–Kier alpha value is -2.75. The molecule has 4 rings (SSSR count). The highest BCUT2D eigenvalue weighted by Crippen LogP contribution is 2.41. The van der Waals surface area contributed by atoms with Crippen molar-refractivity contribution in [2.24, 2.45) is 0 Å². The third kappa shape index (κ3) is 8.25. The fourth-order valence-corrected chi connectivity index (χ4v) is 6.28. The minimum absolute atomic E-state index is 0.150. The highest BCUT2D eigenvalue weighted by molar-refractivity contribution is 7.99. The molecule has 0 aliphatic carbocycles. The number of carbonyl (C=O) groups excluding carboxylic acids is 4. The number of benzene rings is 1. The Bertz CT molecular complexity index is 1130. The van der Waals surface area contributed by atoms with Crippen LogP contribution in [0.2, 0.25) is 0 Å². The van der Waals surface area contributed by atoms with Crippen molar-refractivity contribution in [1.82, 2.24) is 0 Å². The summed E-state index contributed by atoms with van der Waals surface area (Å²) in [5, 5.41) is 0. The van der Waals surface area contributed by atoms with Gasteiger partial charge in [-0.25, -0.2) is 0 Å². The monoisotopic (exact) mass is 626 g/mol. The molecule has 13 nitrogen and oxygen atoms in total. The zero-order valence-electron chi connectivity index (χ0n) is 24.9. The van der Waals surface area contributed by atoms with Gasteiger partial charge in [0, 0.05) is 33.3 Å². The summed E-state index contributed by atoms with van der Waals surface area (Å²) in [5.74, 6) is -2.01. The van der Waals surface area contributed by atoms with Crippen molar-refractivity contribution in [2.75, 3.05) is 12.4 Å². The second kappa shape index (κ2) is 14.8. The maximum atomic E-state index is 12.3. The molecule has 0 bridgehead atoms. The summed E-state index contributed by atoms with van der Waals surface area (Å²) in [6, 6.07) is 9.28. The zero-order valence-corrected chi connectivity index (χ0v) is 25.7. The van der Waals surface area contributed by atoms with E-state index >= 15 is 0 Å². The molecular formula is C29H38O13S. The van der Waals surface area contributed by atoms with E-state index in [0.29, 0.717) is 5.75 Å².